The molecular weight excluding hydrogens is 304 g/mol. The summed E-state index contributed by atoms with van der Waals surface area (Å²) >= 11 is 3.71. The van der Waals surface area contributed by atoms with Crippen LogP contribution in [0.1, 0.15) is 37.8 Å². The molecule has 0 radical (unpaired) electrons. The highest BCUT2D eigenvalue weighted by atomic mass is 79.9. The van der Waals surface area contributed by atoms with Crippen LogP contribution in [0.5, 0.6) is 0 Å². The fourth-order valence-corrected chi connectivity index (χ4v) is 3.89. The number of hydrogen-bond donors (Lipinski definition) is 1. The van der Waals surface area contributed by atoms with Crippen LogP contribution in [0.2, 0.25) is 0 Å². The van der Waals surface area contributed by atoms with Crippen LogP contribution >= 0.6 is 15.9 Å². The Morgan fingerprint density at radius 3 is 3.00 bits per heavy atom. The number of morpholine rings is 1. The van der Waals surface area contributed by atoms with Gasteiger partial charge in [0.25, 0.3) is 0 Å². The Hall–Kier alpha value is -0.580. The van der Waals surface area contributed by atoms with Crippen LogP contribution in [-0.2, 0) is 4.74 Å². The van der Waals surface area contributed by atoms with E-state index < -0.39 is 0 Å². The topological polar surface area (TPSA) is 38.5 Å². The first-order valence-corrected chi connectivity index (χ1v) is 7.89. The van der Waals surface area contributed by atoms with Crippen molar-refractivity contribution in [1.82, 2.24) is 0 Å². The van der Waals surface area contributed by atoms with E-state index in [0.717, 1.165) is 17.6 Å². The molecule has 2 N–H and O–H groups in total. The van der Waals surface area contributed by atoms with Crippen LogP contribution in [0.3, 0.4) is 0 Å². The first kappa shape index (κ1) is 13.4. The first-order valence-electron chi connectivity index (χ1n) is 7.10. The fourth-order valence-electron chi connectivity index (χ4n) is 3.26. The summed E-state index contributed by atoms with van der Waals surface area (Å²) in [5.74, 6) is 0. The van der Waals surface area contributed by atoms with Gasteiger partial charge in [0.1, 0.15) is 0 Å². The molecule has 19 heavy (non-hydrogen) atoms. The second-order valence-corrected chi connectivity index (χ2v) is 6.45. The summed E-state index contributed by atoms with van der Waals surface area (Å²) in [7, 11) is 0. The molecular formula is C15H21BrN2O. The van der Waals surface area contributed by atoms with E-state index in [1.54, 1.807) is 0 Å². The van der Waals surface area contributed by atoms with E-state index >= 15 is 0 Å². The third kappa shape index (κ3) is 2.54. The van der Waals surface area contributed by atoms with Crippen molar-refractivity contribution in [3.8, 4) is 0 Å². The highest BCUT2D eigenvalue weighted by molar-refractivity contribution is 9.10. The van der Waals surface area contributed by atoms with E-state index in [-0.39, 0.29) is 6.04 Å². The molecule has 1 aliphatic carbocycles. The van der Waals surface area contributed by atoms with Gasteiger partial charge in [-0.2, -0.15) is 0 Å². The van der Waals surface area contributed by atoms with Crippen molar-refractivity contribution in [2.45, 2.75) is 44.4 Å². The van der Waals surface area contributed by atoms with Crippen LogP contribution in [0.15, 0.2) is 22.7 Å². The minimum absolute atomic E-state index is 0.0780. The minimum Gasteiger partial charge on any atom is -0.374 e. The highest BCUT2D eigenvalue weighted by Gasteiger charge is 2.36. The van der Waals surface area contributed by atoms with Gasteiger partial charge in [0.2, 0.25) is 0 Å². The van der Waals surface area contributed by atoms with Crippen molar-refractivity contribution in [3.63, 3.8) is 0 Å². The van der Waals surface area contributed by atoms with E-state index in [2.05, 4.69) is 39.0 Å². The molecule has 2 fully saturated rings. The second-order valence-electron chi connectivity index (χ2n) is 5.60. The molecule has 2 unspecified atom stereocenters. The molecule has 1 saturated heterocycles. The SMILES string of the molecule is C[C@H](N)c1ccc(N2CCOC3CCCC32)c(Br)c1. The van der Waals surface area contributed by atoms with E-state index in [4.69, 9.17) is 10.5 Å². The van der Waals surface area contributed by atoms with Gasteiger partial charge in [0.15, 0.2) is 0 Å². The van der Waals surface area contributed by atoms with Gasteiger partial charge in [-0.1, -0.05) is 6.07 Å². The summed E-state index contributed by atoms with van der Waals surface area (Å²) in [6.45, 7) is 3.84. The smallest absolute Gasteiger partial charge is 0.0779 e. The van der Waals surface area contributed by atoms with E-state index in [0.29, 0.717) is 12.1 Å². The van der Waals surface area contributed by atoms with Gasteiger partial charge in [-0.3, -0.25) is 0 Å². The van der Waals surface area contributed by atoms with Crippen molar-refractivity contribution >= 4 is 21.6 Å². The quantitative estimate of drug-likeness (QED) is 0.907. The average Bonchev–Trinajstić information content (AvgIpc) is 2.86. The zero-order valence-electron chi connectivity index (χ0n) is 11.3. The van der Waals surface area contributed by atoms with E-state index in [1.165, 1.54) is 30.5 Å². The van der Waals surface area contributed by atoms with Crippen molar-refractivity contribution in [2.75, 3.05) is 18.1 Å². The molecule has 1 aliphatic heterocycles. The Bertz CT molecular complexity index is 463. The Labute approximate surface area is 123 Å². The predicted molar refractivity (Wildman–Crippen MR) is 81.5 cm³/mol. The molecule has 3 nitrogen and oxygen atoms in total. The van der Waals surface area contributed by atoms with Gasteiger partial charge < -0.3 is 15.4 Å². The maximum absolute atomic E-state index is 5.94. The van der Waals surface area contributed by atoms with Gasteiger partial charge in [-0.25, -0.2) is 0 Å². The zero-order valence-corrected chi connectivity index (χ0v) is 12.9. The van der Waals surface area contributed by atoms with Gasteiger partial charge in [-0.05, 0) is 59.8 Å². The largest absolute Gasteiger partial charge is 0.374 e. The van der Waals surface area contributed by atoms with Gasteiger partial charge in [0, 0.05) is 17.1 Å². The number of nitrogens with two attached hydrogens (primary N) is 1. The third-order valence-electron chi connectivity index (χ3n) is 4.29. The lowest BCUT2D eigenvalue weighted by Gasteiger charge is -2.40. The van der Waals surface area contributed by atoms with Gasteiger partial charge in [-0.15, -0.1) is 0 Å². The van der Waals surface area contributed by atoms with Crippen LogP contribution in [0, 0.1) is 0 Å². The molecule has 4 heteroatoms. The number of nitrogens with zero attached hydrogens (tertiary/aromatic N) is 1. The number of halogens is 1. The van der Waals surface area contributed by atoms with E-state index in [1.807, 2.05) is 6.92 Å². The van der Waals surface area contributed by atoms with Crippen molar-refractivity contribution in [2.24, 2.45) is 5.73 Å². The van der Waals surface area contributed by atoms with Crippen LogP contribution in [0.25, 0.3) is 0 Å². The fraction of sp³-hybridized carbons (Fsp3) is 0.600. The second kappa shape index (κ2) is 5.43. The molecule has 1 saturated carbocycles. The third-order valence-corrected chi connectivity index (χ3v) is 4.92. The molecule has 0 spiro atoms. The maximum Gasteiger partial charge on any atom is 0.0779 e. The molecule has 0 amide bonds. The minimum atomic E-state index is 0.0780. The predicted octanol–water partition coefficient (Wildman–Crippen LogP) is 3.23. The number of anilines is 1. The summed E-state index contributed by atoms with van der Waals surface area (Å²) < 4.78 is 7.03. The number of fused-ring (bicyclic) bond motifs is 1. The molecule has 1 heterocycles. The molecule has 3 atom stereocenters. The number of rotatable bonds is 2. The summed E-state index contributed by atoms with van der Waals surface area (Å²) in [5.41, 5.74) is 8.40. The molecule has 0 bridgehead atoms. The number of benzene rings is 1. The average molecular weight is 325 g/mol. The Balaban J connectivity index is 1.88. The summed E-state index contributed by atoms with van der Waals surface area (Å²) in [5, 5.41) is 0. The van der Waals surface area contributed by atoms with Crippen LogP contribution < -0.4 is 10.6 Å². The van der Waals surface area contributed by atoms with Crippen molar-refractivity contribution in [3.05, 3.63) is 28.2 Å². The lowest BCUT2D eigenvalue weighted by molar-refractivity contribution is 0.0256. The summed E-state index contributed by atoms with van der Waals surface area (Å²) in [6, 6.07) is 7.12. The Morgan fingerprint density at radius 1 is 1.42 bits per heavy atom. The normalized spacial score (nSPS) is 28.3. The van der Waals surface area contributed by atoms with Gasteiger partial charge >= 0.3 is 0 Å². The zero-order chi connectivity index (χ0) is 13.4. The molecule has 3 rings (SSSR count). The van der Waals surface area contributed by atoms with Crippen molar-refractivity contribution < 1.29 is 4.74 Å². The molecule has 0 aromatic heterocycles. The molecule has 1 aromatic rings. The Morgan fingerprint density at radius 2 is 2.26 bits per heavy atom. The monoisotopic (exact) mass is 324 g/mol. The van der Waals surface area contributed by atoms with Crippen LogP contribution in [-0.4, -0.2) is 25.3 Å². The van der Waals surface area contributed by atoms with Crippen LogP contribution in [0.4, 0.5) is 5.69 Å². The molecule has 104 valence electrons. The maximum atomic E-state index is 5.94. The number of ether oxygens (including phenoxy) is 1. The molecule has 1 aromatic carbocycles. The van der Waals surface area contributed by atoms with Crippen molar-refractivity contribution in [1.29, 1.82) is 0 Å². The lowest BCUT2D eigenvalue weighted by Crippen LogP contribution is -2.48. The standard InChI is InChI=1S/C15H21BrN2O/c1-10(17)11-5-6-13(12(16)9-11)18-7-8-19-15-4-2-3-14(15)18/h5-6,9-10,14-15H,2-4,7-8,17H2,1H3/t10-,14?,15?/m0/s1. The lowest BCUT2D eigenvalue weighted by atomic mass is 10.1. The molecule has 2 aliphatic rings. The first-order chi connectivity index (χ1) is 9.16. The van der Waals surface area contributed by atoms with E-state index in [9.17, 15) is 0 Å². The summed E-state index contributed by atoms with van der Waals surface area (Å²) in [6.07, 6.45) is 4.15. The van der Waals surface area contributed by atoms with Gasteiger partial charge in [0.05, 0.1) is 24.4 Å². The Kier molecular flexibility index (Phi) is 3.83. The summed E-state index contributed by atoms with van der Waals surface area (Å²) in [4.78, 5) is 2.51. The highest BCUT2D eigenvalue weighted by Crippen LogP contribution is 2.37. The number of hydrogen-bond acceptors (Lipinski definition) is 3.